The number of nitrogens with one attached hydrogen (secondary N) is 2. The molecule has 1 amide bonds. The van der Waals surface area contributed by atoms with E-state index in [0.717, 1.165) is 30.8 Å². The molecular weight excluding hydrogens is 278 g/mol. The van der Waals surface area contributed by atoms with Gasteiger partial charge in [0.1, 0.15) is 5.75 Å². The quantitative estimate of drug-likeness (QED) is 0.650. The molecule has 2 N–H and O–H groups in total. The zero-order valence-corrected chi connectivity index (χ0v) is 13.4. The van der Waals surface area contributed by atoms with Gasteiger partial charge >= 0.3 is 0 Å². The fourth-order valence-corrected chi connectivity index (χ4v) is 1.80. The van der Waals surface area contributed by atoms with Crippen LogP contribution in [0, 0.1) is 17.2 Å². The van der Waals surface area contributed by atoms with Crippen molar-refractivity contribution in [2.45, 2.75) is 33.2 Å². The number of benzene rings is 1. The van der Waals surface area contributed by atoms with Crippen LogP contribution in [0.4, 0.5) is 0 Å². The maximum atomic E-state index is 11.4. The second-order valence-corrected chi connectivity index (χ2v) is 5.38. The van der Waals surface area contributed by atoms with Gasteiger partial charge in [0.25, 0.3) is 0 Å². The molecule has 0 heterocycles. The van der Waals surface area contributed by atoms with Gasteiger partial charge < -0.3 is 15.4 Å². The second kappa shape index (κ2) is 10.6. The van der Waals surface area contributed by atoms with Crippen LogP contribution >= 0.6 is 0 Å². The summed E-state index contributed by atoms with van der Waals surface area (Å²) in [4.78, 5) is 11.4. The van der Waals surface area contributed by atoms with Gasteiger partial charge in [-0.1, -0.05) is 26.0 Å². The van der Waals surface area contributed by atoms with E-state index >= 15 is 0 Å². The molecule has 1 rings (SSSR count). The van der Waals surface area contributed by atoms with Crippen molar-refractivity contribution in [3.63, 3.8) is 0 Å². The molecule has 0 aliphatic carbocycles. The Bertz CT molecular complexity index is 495. The van der Waals surface area contributed by atoms with Gasteiger partial charge in [-0.25, -0.2) is 0 Å². The second-order valence-electron chi connectivity index (χ2n) is 5.38. The van der Waals surface area contributed by atoms with Crippen LogP contribution in [-0.4, -0.2) is 25.6 Å². The van der Waals surface area contributed by atoms with Crippen molar-refractivity contribution in [3.8, 4) is 11.8 Å². The third-order valence-electron chi connectivity index (χ3n) is 3.05. The minimum atomic E-state index is 0.0230. The van der Waals surface area contributed by atoms with Crippen molar-refractivity contribution in [2.24, 2.45) is 5.92 Å². The zero-order chi connectivity index (χ0) is 16.2. The Morgan fingerprint density at radius 3 is 2.91 bits per heavy atom. The first-order valence-corrected chi connectivity index (χ1v) is 7.70. The molecule has 0 fully saturated rings. The molecule has 120 valence electrons. The van der Waals surface area contributed by atoms with Crippen LogP contribution in [0.15, 0.2) is 24.3 Å². The Morgan fingerprint density at radius 2 is 2.18 bits per heavy atom. The molecular formula is C17H25N3O2. The average molecular weight is 303 g/mol. The van der Waals surface area contributed by atoms with Gasteiger partial charge in [0.05, 0.1) is 12.7 Å². The average Bonchev–Trinajstić information content (AvgIpc) is 2.51. The van der Waals surface area contributed by atoms with E-state index in [-0.39, 0.29) is 11.8 Å². The normalized spacial score (nSPS) is 10.3. The molecule has 0 unspecified atom stereocenters. The highest BCUT2D eigenvalue weighted by molar-refractivity contribution is 5.77. The summed E-state index contributed by atoms with van der Waals surface area (Å²) in [6.07, 6.45) is 1.26. The third kappa shape index (κ3) is 7.65. The molecule has 1 aromatic rings. The molecule has 0 atom stereocenters. The highest BCUT2D eigenvalue weighted by Gasteiger charge is 2.04. The Labute approximate surface area is 132 Å². The molecule has 0 saturated heterocycles. The van der Waals surface area contributed by atoms with Crippen molar-refractivity contribution in [1.82, 2.24) is 10.6 Å². The van der Waals surface area contributed by atoms with Crippen LogP contribution in [0.2, 0.25) is 0 Å². The van der Waals surface area contributed by atoms with E-state index in [1.807, 2.05) is 38.1 Å². The fourth-order valence-electron chi connectivity index (χ4n) is 1.80. The highest BCUT2D eigenvalue weighted by atomic mass is 16.5. The number of amides is 1. The Kier molecular flexibility index (Phi) is 8.70. The molecule has 5 heteroatoms. The number of nitriles is 1. The smallest absolute Gasteiger partial charge is 0.222 e. The number of carbonyl (C=O) groups is 1. The summed E-state index contributed by atoms with van der Waals surface area (Å²) in [6, 6.07) is 9.99. The summed E-state index contributed by atoms with van der Waals surface area (Å²) in [5.74, 6) is 0.926. The Morgan fingerprint density at radius 1 is 1.36 bits per heavy atom. The number of nitrogens with zero attached hydrogens (tertiary/aromatic N) is 1. The SMILES string of the molecule is CC(C)C(=O)NCCNCc1cccc(OCCCC#N)c1. The van der Waals surface area contributed by atoms with Crippen LogP contribution < -0.4 is 15.4 Å². The summed E-state index contributed by atoms with van der Waals surface area (Å²) in [7, 11) is 0. The predicted molar refractivity (Wildman–Crippen MR) is 86.3 cm³/mol. The van der Waals surface area contributed by atoms with Crippen LogP contribution in [0.1, 0.15) is 32.3 Å². The van der Waals surface area contributed by atoms with E-state index < -0.39 is 0 Å². The van der Waals surface area contributed by atoms with Crippen LogP contribution in [0.25, 0.3) is 0 Å². The fraction of sp³-hybridized carbons (Fsp3) is 0.529. The van der Waals surface area contributed by atoms with Crippen LogP contribution in [0.3, 0.4) is 0 Å². The van der Waals surface area contributed by atoms with Crippen molar-refractivity contribution in [1.29, 1.82) is 5.26 Å². The Balaban J connectivity index is 2.23. The van der Waals surface area contributed by atoms with Crippen molar-refractivity contribution in [2.75, 3.05) is 19.7 Å². The van der Waals surface area contributed by atoms with E-state index in [9.17, 15) is 4.79 Å². The number of rotatable bonds is 10. The van der Waals surface area contributed by atoms with E-state index in [2.05, 4.69) is 16.7 Å². The van der Waals surface area contributed by atoms with Crippen LogP contribution in [-0.2, 0) is 11.3 Å². The molecule has 0 aromatic heterocycles. The first kappa shape index (κ1) is 18.0. The lowest BCUT2D eigenvalue weighted by Gasteiger charge is -2.10. The highest BCUT2D eigenvalue weighted by Crippen LogP contribution is 2.13. The van der Waals surface area contributed by atoms with Gasteiger partial charge in [-0.3, -0.25) is 4.79 Å². The van der Waals surface area contributed by atoms with Gasteiger partial charge in [-0.15, -0.1) is 0 Å². The molecule has 5 nitrogen and oxygen atoms in total. The van der Waals surface area contributed by atoms with E-state index in [1.165, 1.54) is 0 Å². The molecule has 1 aromatic carbocycles. The molecule has 22 heavy (non-hydrogen) atoms. The van der Waals surface area contributed by atoms with Crippen molar-refractivity contribution >= 4 is 5.91 Å². The number of carbonyl (C=O) groups excluding carboxylic acids is 1. The van der Waals surface area contributed by atoms with Crippen molar-refractivity contribution in [3.05, 3.63) is 29.8 Å². The monoisotopic (exact) mass is 303 g/mol. The molecule has 0 aliphatic heterocycles. The van der Waals surface area contributed by atoms with E-state index in [1.54, 1.807) is 0 Å². The maximum Gasteiger partial charge on any atom is 0.222 e. The van der Waals surface area contributed by atoms with E-state index in [4.69, 9.17) is 10.00 Å². The summed E-state index contributed by atoms with van der Waals surface area (Å²) >= 11 is 0. The number of hydrogen-bond acceptors (Lipinski definition) is 4. The lowest BCUT2D eigenvalue weighted by atomic mass is 10.2. The summed E-state index contributed by atoms with van der Waals surface area (Å²) in [5, 5.41) is 14.6. The largest absolute Gasteiger partial charge is 0.494 e. The standard InChI is InChI=1S/C17H25N3O2/c1-14(2)17(21)20-10-9-19-13-15-6-5-7-16(12-15)22-11-4-3-8-18/h5-7,12,14,19H,3-4,9-11,13H2,1-2H3,(H,20,21). The zero-order valence-electron chi connectivity index (χ0n) is 13.4. The van der Waals surface area contributed by atoms with Gasteiger partial charge in [0, 0.05) is 32.0 Å². The van der Waals surface area contributed by atoms with Gasteiger partial charge in [0.15, 0.2) is 0 Å². The predicted octanol–water partition coefficient (Wildman–Crippen LogP) is 2.23. The maximum absolute atomic E-state index is 11.4. The van der Waals surface area contributed by atoms with Gasteiger partial charge in [0.2, 0.25) is 5.91 Å². The number of hydrogen-bond donors (Lipinski definition) is 2. The first-order chi connectivity index (χ1) is 10.6. The molecule has 0 radical (unpaired) electrons. The molecule has 0 saturated carbocycles. The number of ether oxygens (including phenoxy) is 1. The molecule has 0 aliphatic rings. The number of unbranched alkanes of at least 4 members (excludes halogenated alkanes) is 1. The van der Waals surface area contributed by atoms with Crippen molar-refractivity contribution < 1.29 is 9.53 Å². The minimum Gasteiger partial charge on any atom is -0.494 e. The van der Waals surface area contributed by atoms with Gasteiger partial charge in [-0.05, 0) is 24.1 Å². The van der Waals surface area contributed by atoms with E-state index in [0.29, 0.717) is 19.6 Å². The van der Waals surface area contributed by atoms with Crippen LogP contribution in [0.5, 0.6) is 5.75 Å². The van der Waals surface area contributed by atoms with Gasteiger partial charge in [-0.2, -0.15) is 5.26 Å². The minimum absolute atomic E-state index is 0.0230. The summed E-state index contributed by atoms with van der Waals surface area (Å²) < 4.78 is 5.60. The summed E-state index contributed by atoms with van der Waals surface area (Å²) in [5.41, 5.74) is 1.13. The Hall–Kier alpha value is -2.06. The third-order valence-corrected chi connectivity index (χ3v) is 3.05. The summed E-state index contributed by atoms with van der Waals surface area (Å²) in [6.45, 7) is 6.40. The molecule has 0 bridgehead atoms. The lowest BCUT2D eigenvalue weighted by molar-refractivity contribution is -0.123. The first-order valence-electron chi connectivity index (χ1n) is 7.70. The lowest BCUT2D eigenvalue weighted by Crippen LogP contribution is -2.34. The molecule has 0 spiro atoms. The topological polar surface area (TPSA) is 74.2 Å².